The van der Waals surface area contributed by atoms with Crippen LogP contribution in [0.1, 0.15) is 39.5 Å². The first-order valence-electron chi connectivity index (χ1n) is 8.60. The minimum atomic E-state index is -0.344. The fraction of sp³-hybridized carbons (Fsp3) is 0.765. The predicted molar refractivity (Wildman–Crippen MR) is 87.4 cm³/mol. The Kier molecular flexibility index (Phi) is 6.16. The molecule has 7 nitrogen and oxygen atoms in total. The van der Waals surface area contributed by atoms with Crippen molar-refractivity contribution in [2.24, 2.45) is 0 Å². The molecule has 0 N–H and O–H groups in total. The van der Waals surface area contributed by atoms with Gasteiger partial charge in [0.05, 0.1) is 25.2 Å². The normalized spacial score (nSPS) is 23.6. The summed E-state index contributed by atoms with van der Waals surface area (Å²) in [6, 6.07) is 3.69. The molecule has 2 aliphatic rings. The van der Waals surface area contributed by atoms with Crippen LogP contribution in [0.3, 0.4) is 0 Å². The molecular formula is C17H25N5O2. The van der Waals surface area contributed by atoms with Gasteiger partial charge in [-0.15, -0.1) is 0 Å². The number of rotatable bonds is 5. The molecule has 24 heavy (non-hydrogen) atoms. The van der Waals surface area contributed by atoms with Crippen LogP contribution in [0.25, 0.3) is 0 Å². The summed E-state index contributed by atoms with van der Waals surface area (Å²) in [5.74, 6) is -0.197. The average Bonchev–Trinajstić information content (AvgIpc) is 3.22. The Balaban J connectivity index is 1.97. The van der Waals surface area contributed by atoms with Crippen molar-refractivity contribution >= 4 is 11.8 Å². The number of carbonyl (C=O) groups is 2. The Hall–Kier alpha value is -2.12. The van der Waals surface area contributed by atoms with E-state index in [1.165, 1.54) is 0 Å². The van der Waals surface area contributed by atoms with Crippen LogP contribution in [-0.4, -0.2) is 70.8 Å². The predicted octanol–water partition coefficient (Wildman–Crippen LogP) is 0.726. The van der Waals surface area contributed by atoms with Crippen LogP contribution >= 0.6 is 0 Å². The van der Waals surface area contributed by atoms with Crippen molar-refractivity contribution < 1.29 is 9.59 Å². The highest BCUT2D eigenvalue weighted by Crippen LogP contribution is 2.19. The van der Waals surface area contributed by atoms with Gasteiger partial charge in [-0.05, 0) is 39.5 Å². The monoisotopic (exact) mass is 331 g/mol. The van der Waals surface area contributed by atoms with E-state index in [4.69, 9.17) is 10.5 Å². The topological polar surface area (TPSA) is 91.4 Å². The highest BCUT2D eigenvalue weighted by molar-refractivity contribution is 5.82. The van der Waals surface area contributed by atoms with Gasteiger partial charge in [0.2, 0.25) is 11.8 Å². The van der Waals surface area contributed by atoms with Crippen LogP contribution in [0.5, 0.6) is 0 Å². The molecule has 2 fully saturated rings. The Labute approximate surface area is 143 Å². The Morgan fingerprint density at radius 3 is 1.75 bits per heavy atom. The zero-order chi connectivity index (χ0) is 17.7. The number of nitriles is 2. The van der Waals surface area contributed by atoms with E-state index in [-0.39, 0.29) is 43.0 Å². The Bertz CT molecular complexity index is 516. The molecule has 0 bridgehead atoms. The van der Waals surface area contributed by atoms with Gasteiger partial charge in [0.1, 0.15) is 12.1 Å². The van der Waals surface area contributed by atoms with Crippen LogP contribution in [0.2, 0.25) is 0 Å². The largest absolute Gasteiger partial charge is 0.326 e. The van der Waals surface area contributed by atoms with E-state index in [2.05, 4.69) is 12.1 Å². The lowest BCUT2D eigenvalue weighted by atomic mass is 10.2. The molecule has 2 unspecified atom stereocenters. The number of carbonyl (C=O) groups excluding carboxylic acids is 2. The van der Waals surface area contributed by atoms with E-state index >= 15 is 0 Å². The summed E-state index contributed by atoms with van der Waals surface area (Å²) in [5.41, 5.74) is 0. The zero-order valence-electron chi connectivity index (χ0n) is 14.4. The highest BCUT2D eigenvalue weighted by atomic mass is 16.2. The minimum absolute atomic E-state index is 0.0316. The van der Waals surface area contributed by atoms with E-state index < -0.39 is 0 Å². The molecule has 2 aliphatic heterocycles. The van der Waals surface area contributed by atoms with Gasteiger partial charge < -0.3 is 9.80 Å². The quantitative estimate of drug-likeness (QED) is 0.740. The third kappa shape index (κ3) is 4.04. The highest BCUT2D eigenvalue weighted by Gasteiger charge is 2.33. The molecule has 2 atom stereocenters. The van der Waals surface area contributed by atoms with Crippen molar-refractivity contribution in [3.63, 3.8) is 0 Å². The van der Waals surface area contributed by atoms with Gasteiger partial charge in [-0.2, -0.15) is 10.5 Å². The third-order valence-corrected chi connectivity index (χ3v) is 4.85. The fourth-order valence-corrected chi connectivity index (χ4v) is 3.35. The summed E-state index contributed by atoms with van der Waals surface area (Å²) >= 11 is 0. The SMILES string of the molecule is CC(C)N(CC(=O)N1CCCC1C#N)CC(=O)N1CCCC1C#N. The number of nitrogens with zero attached hydrogens (tertiary/aromatic N) is 5. The van der Waals surface area contributed by atoms with Crippen molar-refractivity contribution in [1.82, 2.24) is 14.7 Å². The van der Waals surface area contributed by atoms with E-state index in [1.54, 1.807) is 9.80 Å². The van der Waals surface area contributed by atoms with E-state index in [1.807, 2.05) is 18.7 Å². The summed E-state index contributed by atoms with van der Waals surface area (Å²) in [7, 11) is 0. The van der Waals surface area contributed by atoms with Crippen molar-refractivity contribution in [3.8, 4) is 12.1 Å². The third-order valence-electron chi connectivity index (χ3n) is 4.85. The lowest BCUT2D eigenvalue weighted by Crippen LogP contribution is -2.49. The molecule has 0 saturated carbocycles. The molecule has 0 aromatic heterocycles. The average molecular weight is 331 g/mol. The van der Waals surface area contributed by atoms with Crippen molar-refractivity contribution in [2.75, 3.05) is 26.2 Å². The van der Waals surface area contributed by atoms with Crippen molar-refractivity contribution in [2.45, 2.75) is 57.7 Å². The molecule has 0 spiro atoms. The molecular weight excluding hydrogens is 306 g/mol. The Morgan fingerprint density at radius 1 is 1.00 bits per heavy atom. The summed E-state index contributed by atoms with van der Waals surface area (Å²) < 4.78 is 0. The van der Waals surface area contributed by atoms with E-state index in [0.29, 0.717) is 13.1 Å². The summed E-state index contributed by atoms with van der Waals surface area (Å²) in [4.78, 5) is 30.1. The second-order valence-corrected chi connectivity index (χ2v) is 6.75. The first kappa shape index (κ1) is 18.2. The second-order valence-electron chi connectivity index (χ2n) is 6.75. The maximum absolute atomic E-state index is 12.5. The van der Waals surface area contributed by atoms with Crippen LogP contribution in [-0.2, 0) is 9.59 Å². The van der Waals surface area contributed by atoms with Gasteiger partial charge >= 0.3 is 0 Å². The van der Waals surface area contributed by atoms with Crippen LogP contribution < -0.4 is 0 Å². The molecule has 2 amide bonds. The molecule has 7 heteroatoms. The van der Waals surface area contributed by atoms with Gasteiger partial charge in [-0.1, -0.05) is 0 Å². The van der Waals surface area contributed by atoms with Gasteiger partial charge in [-0.3, -0.25) is 14.5 Å². The molecule has 2 heterocycles. The lowest BCUT2D eigenvalue weighted by molar-refractivity contribution is -0.136. The van der Waals surface area contributed by atoms with Gasteiger partial charge in [-0.25, -0.2) is 0 Å². The van der Waals surface area contributed by atoms with E-state index in [0.717, 1.165) is 25.7 Å². The number of likely N-dealkylation sites (tertiary alicyclic amines) is 2. The molecule has 130 valence electrons. The van der Waals surface area contributed by atoms with Crippen molar-refractivity contribution in [3.05, 3.63) is 0 Å². The molecule has 0 aromatic rings. The van der Waals surface area contributed by atoms with E-state index in [9.17, 15) is 9.59 Å². The van der Waals surface area contributed by atoms with Crippen LogP contribution in [0.4, 0.5) is 0 Å². The fourth-order valence-electron chi connectivity index (χ4n) is 3.35. The number of hydrogen-bond donors (Lipinski definition) is 0. The first-order valence-corrected chi connectivity index (χ1v) is 8.60. The van der Waals surface area contributed by atoms with Gasteiger partial charge in [0, 0.05) is 19.1 Å². The maximum atomic E-state index is 12.5. The molecule has 2 saturated heterocycles. The maximum Gasteiger partial charge on any atom is 0.237 e. The van der Waals surface area contributed by atoms with Crippen LogP contribution in [0.15, 0.2) is 0 Å². The molecule has 0 aromatic carbocycles. The zero-order valence-corrected chi connectivity index (χ0v) is 14.4. The van der Waals surface area contributed by atoms with Crippen LogP contribution in [0, 0.1) is 22.7 Å². The van der Waals surface area contributed by atoms with Gasteiger partial charge in [0.15, 0.2) is 0 Å². The number of hydrogen-bond acceptors (Lipinski definition) is 5. The van der Waals surface area contributed by atoms with Crippen molar-refractivity contribution in [1.29, 1.82) is 10.5 Å². The molecule has 0 aliphatic carbocycles. The summed E-state index contributed by atoms with van der Waals surface area (Å²) in [5, 5.41) is 18.3. The standard InChI is InChI=1S/C17H25N5O2/c1-13(2)20(11-16(23)21-7-3-5-14(21)9-18)12-17(24)22-8-4-6-15(22)10-19/h13-15H,3-8,11-12H2,1-2H3. The Morgan fingerprint density at radius 2 is 1.42 bits per heavy atom. The summed E-state index contributed by atoms with van der Waals surface area (Å²) in [6.45, 7) is 5.37. The smallest absolute Gasteiger partial charge is 0.237 e. The first-order chi connectivity index (χ1) is 11.5. The summed E-state index contributed by atoms with van der Waals surface area (Å²) in [6.07, 6.45) is 3.14. The second kappa shape index (κ2) is 8.12. The number of amides is 2. The molecule has 2 rings (SSSR count). The lowest BCUT2D eigenvalue weighted by Gasteiger charge is -2.30. The van der Waals surface area contributed by atoms with Gasteiger partial charge in [0.25, 0.3) is 0 Å². The molecule has 0 radical (unpaired) electrons. The minimum Gasteiger partial charge on any atom is -0.326 e.